The molecule has 0 fully saturated rings. The van der Waals surface area contributed by atoms with Gasteiger partial charge in [-0.15, -0.1) is 0 Å². The van der Waals surface area contributed by atoms with E-state index >= 15 is 0 Å². The van der Waals surface area contributed by atoms with Crippen LogP contribution in [0.4, 0.5) is 10.1 Å². The summed E-state index contributed by atoms with van der Waals surface area (Å²) < 4.78 is 18.6. The van der Waals surface area contributed by atoms with Gasteiger partial charge in [0.1, 0.15) is 18.2 Å². The summed E-state index contributed by atoms with van der Waals surface area (Å²) in [7, 11) is 0. The Balaban J connectivity index is 1.52. The fraction of sp³-hybridized carbons (Fsp3) is 0.0870. The molecule has 0 radical (unpaired) electrons. The first-order valence-corrected chi connectivity index (χ1v) is 9.66. The normalized spacial score (nSPS) is 10.7. The number of aryl methyl sites for hydroxylation is 1. The number of ether oxygens (including phenoxy) is 1. The Morgan fingerprint density at radius 2 is 1.84 bits per heavy atom. The highest BCUT2D eigenvalue weighted by Gasteiger charge is 2.13. The highest BCUT2D eigenvalue weighted by atomic mass is 35.5. The molecule has 0 aromatic heterocycles. The molecule has 0 aliphatic rings. The Bertz CT molecular complexity index is 1120. The predicted molar refractivity (Wildman–Crippen MR) is 118 cm³/mol. The van der Waals surface area contributed by atoms with Crippen LogP contribution in [0, 0.1) is 12.7 Å². The van der Waals surface area contributed by atoms with Crippen LogP contribution in [0.5, 0.6) is 5.75 Å². The number of carbonyl (C=O) groups excluding carboxylic acids is 2. The molecule has 31 heavy (non-hydrogen) atoms. The summed E-state index contributed by atoms with van der Waals surface area (Å²) in [5, 5.41) is 6.73. The van der Waals surface area contributed by atoms with E-state index in [-0.39, 0.29) is 12.4 Å². The molecule has 3 rings (SSSR count). The summed E-state index contributed by atoms with van der Waals surface area (Å²) in [5.41, 5.74) is 4.92. The van der Waals surface area contributed by atoms with Crippen molar-refractivity contribution in [3.8, 4) is 5.75 Å². The van der Waals surface area contributed by atoms with E-state index in [0.29, 0.717) is 22.0 Å². The van der Waals surface area contributed by atoms with Crippen LogP contribution in [-0.2, 0) is 16.2 Å². The standard InChI is InChI=1S/C23H19ClFN3O3/c1-15-5-10-19(12-21(15)24)27-22(29)23(30)28-26-13-17-3-2-4-20(11-17)31-14-16-6-8-18(25)9-7-16/h2-13H,14H2,1H3,(H,27,29)(H,28,30)/b26-13+. The van der Waals surface area contributed by atoms with Gasteiger partial charge >= 0.3 is 11.8 Å². The first-order valence-electron chi connectivity index (χ1n) is 9.28. The van der Waals surface area contributed by atoms with Crippen molar-refractivity contribution in [1.82, 2.24) is 5.43 Å². The van der Waals surface area contributed by atoms with Gasteiger partial charge in [-0.3, -0.25) is 9.59 Å². The third kappa shape index (κ3) is 6.65. The Kier molecular flexibility index (Phi) is 7.35. The van der Waals surface area contributed by atoms with Gasteiger partial charge in [0, 0.05) is 10.7 Å². The molecule has 2 N–H and O–H groups in total. The Morgan fingerprint density at radius 1 is 1.06 bits per heavy atom. The maximum Gasteiger partial charge on any atom is 0.329 e. The second-order valence-electron chi connectivity index (χ2n) is 6.60. The van der Waals surface area contributed by atoms with Crippen LogP contribution < -0.4 is 15.5 Å². The quantitative estimate of drug-likeness (QED) is 0.338. The predicted octanol–water partition coefficient (Wildman–Crippen LogP) is 4.46. The number of halogens is 2. The van der Waals surface area contributed by atoms with Gasteiger partial charge in [-0.2, -0.15) is 5.10 Å². The van der Waals surface area contributed by atoms with Crippen LogP contribution in [0.2, 0.25) is 5.02 Å². The molecular formula is C23H19ClFN3O3. The molecule has 0 atom stereocenters. The van der Waals surface area contributed by atoms with Gasteiger partial charge < -0.3 is 10.1 Å². The van der Waals surface area contributed by atoms with E-state index in [0.717, 1.165) is 11.1 Å². The third-order valence-corrected chi connectivity index (χ3v) is 4.60. The number of hydrazone groups is 1. The van der Waals surface area contributed by atoms with Gasteiger partial charge in [0.05, 0.1) is 6.21 Å². The van der Waals surface area contributed by atoms with Gasteiger partial charge in [0.25, 0.3) is 0 Å². The molecule has 0 spiro atoms. The summed E-state index contributed by atoms with van der Waals surface area (Å²) in [4.78, 5) is 23.9. The number of benzene rings is 3. The van der Waals surface area contributed by atoms with E-state index in [1.807, 2.05) is 6.92 Å². The first-order chi connectivity index (χ1) is 14.9. The lowest BCUT2D eigenvalue weighted by molar-refractivity contribution is -0.136. The average molecular weight is 440 g/mol. The molecule has 0 aliphatic carbocycles. The summed E-state index contributed by atoms with van der Waals surface area (Å²) in [5.74, 6) is -1.51. The van der Waals surface area contributed by atoms with Crippen LogP contribution in [0.1, 0.15) is 16.7 Å². The highest BCUT2D eigenvalue weighted by Crippen LogP contribution is 2.19. The highest BCUT2D eigenvalue weighted by molar-refractivity contribution is 6.39. The topological polar surface area (TPSA) is 79.8 Å². The molecule has 158 valence electrons. The molecule has 3 aromatic rings. The van der Waals surface area contributed by atoms with E-state index in [1.165, 1.54) is 18.3 Å². The second kappa shape index (κ2) is 10.4. The molecule has 3 aromatic carbocycles. The van der Waals surface area contributed by atoms with E-state index in [1.54, 1.807) is 54.6 Å². The molecule has 0 heterocycles. The molecule has 0 bridgehead atoms. The van der Waals surface area contributed by atoms with Crippen LogP contribution >= 0.6 is 11.6 Å². The van der Waals surface area contributed by atoms with Gasteiger partial charge in [0.15, 0.2) is 0 Å². The molecule has 2 amide bonds. The SMILES string of the molecule is Cc1ccc(NC(=O)C(=O)N/N=C/c2cccc(OCc3ccc(F)cc3)c2)cc1Cl. The summed E-state index contributed by atoms with van der Waals surface area (Å²) in [6, 6.07) is 18.0. The fourth-order valence-corrected chi connectivity index (χ4v) is 2.69. The third-order valence-electron chi connectivity index (χ3n) is 4.19. The molecule has 0 unspecified atom stereocenters. The maximum absolute atomic E-state index is 13.0. The van der Waals surface area contributed by atoms with Crippen molar-refractivity contribution in [1.29, 1.82) is 0 Å². The van der Waals surface area contributed by atoms with Crippen LogP contribution in [-0.4, -0.2) is 18.0 Å². The Labute approximate surface area is 183 Å². The van der Waals surface area contributed by atoms with Crippen molar-refractivity contribution >= 4 is 35.3 Å². The molecule has 8 heteroatoms. The Hall–Kier alpha value is -3.71. The van der Waals surface area contributed by atoms with Crippen molar-refractivity contribution < 1.29 is 18.7 Å². The number of anilines is 1. The molecular weight excluding hydrogens is 421 g/mol. The smallest absolute Gasteiger partial charge is 0.329 e. The summed E-state index contributed by atoms with van der Waals surface area (Å²) in [6.07, 6.45) is 1.39. The van der Waals surface area contributed by atoms with Gasteiger partial charge in [0.2, 0.25) is 0 Å². The van der Waals surface area contributed by atoms with Crippen molar-refractivity contribution in [3.63, 3.8) is 0 Å². The van der Waals surface area contributed by atoms with Crippen LogP contribution in [0.25, 0.3) is 0 Å². The maximum atomic E-state index is 13.0. The Morgan fingerprint density at radius 3 is 2.58 bits per heavy atom. The van der Waals surface area contributed by atoms with E-state index < -0.39 is 11.8 Å². The number of hydrogen-bond acceptors (Lipinski definition) is 4. The van der Waals surface area contributed by atoms with Crippen molar-refractivity contribution in [2.24, 2.45) is 5.10 Å². The minimum atomic E-state index is -0.920. The average Bonchev–Trinajstić information content (AvgIpc) is 2.76. The first kappa shape index (κ1) is 22.0. The molecule has 0 saturated carbocycles. The second-order valence-corrected chi connectivity index (χ2v) is 7.01. The number of hydrogen-bond donors (Lipinski definition) is 2. The zero-order valence-electron chi connectivity index (χ0n) is 16.6. The minimum Gasteiger partial charge on any atom is -0.489 e. The van der Waals surface area contributed by atoms with Crippen molar-refractivity contribution in [2.75, 3.05) is 5.32 Å². The lowest BCUT2D eigenvalue weighted by atomic mass is 10.2. The molecule has 0 aliphatic heterocycles. The fourth-order valence-electron chi connectivity index (χ4n) is 2.51. The monoisotopic (exact) mass is 439 g/mol. The van der Waals surface area contributed by atoms with E-state index in [4.69, 9.17) is 16.3 Å². The van der Waals surface area contributed by atoms with Crippen molar-refractivity contribution in [2.45, 2.75) is 13.5 Å². The lowest BCUT2D eigenvalue weighted by Crippen LogP contribution is -2.32. The number of rotatable bonds is 6. The van der Waals surface area contributed by atoms with Crippen molar-refractivity contribution in [3.05, 3.63) is 94.3 Å². The zero-order chi connectivity index (χ0) is 22.2. The van der Waals surface area contributed by atoms with Gasteiger partial charge in [-0.1, -0.05) is 41.9 Å². The summed E-state index contributed by atoms with van der Waals surface area (Å²) in [6.45, 7) is 2.11. The zero-order valence-corrected chi connectivity index (χ0v) is 17.3. The largest absolute Gasteiger partial charge is 0.489 e. The number of amides is 2. The lowest BCUT2D eigenvalue weighted by Gasteiger charge is -2.07. The van der Waals surface area contributed by atoms with Gasteiger partial charge in [-0.25, -0.2) is 9.82 Å². The van der Waals surface area contributed by atoms with Crippen LogP contribution in [0.15, 0.2) is 71.8 Å². The minimum absolute atomic E-state index is 0.279. The van der Waals surface area contributed by atoms with Gasteiger partial charge in [-0.05, 0) is 60.0 Å². The number of carbonyl (C=O) groups is 2. The van der Waals surface area contributed by atoms with E-state index in [2.05, 4.69) is 15.8 Å². The van der Waals surface area contributed by atoms with E-state index in [9.17, 15) is 14.0 Å². The van der Waals surface area contributed by atoms with Crippen LogP contribution in [0.3, 0.4) is 0 Å². The number of nitrogens with one attached hydrogen (secondary N) is 2. The summed E-state index contributed by atoms with van der Waals surface area (Å²) >= 11 is 6.00. The molecule has 6 nitrogen and oxygen atoms in total. The molecule has 0 saturated heterocycles. The number of nitrogens with zero attached hydrogens (tertiary/aromatic N) is 1.